The summed E-state index contributed by atoms with van der Waals surface area (Å²) in [6, 6.07) is 11.0. The molecule has 0 aliphatic carbocycles. The van der Waals surface area contributed by atoms with Gasteiger partial charge in [0.2, 0.25) is 0 Å². The lowest BCUT2D eigenvalue weighted by Gasteiger charge is -1.99. The van der Waals surface area contributed by atoms with Gasteiger partial charge in [-0.05, 0) is 36.8 Å². The molecule has 2 aromatic heterocycles. The van der Waals surface area contributed by atoms with Crippen LogP contribution in [-0.2, 0) is 6.42 Å². The predicted octanol–water partition coefficient (Wildman–Crippen LogP) is 4.54. The van der Waals surface area contributed by atoms with Crippen molar-refractivity contribution in [3.8, 4) is 0 Å². The standard InChI is InChI=1S/C16H13ClN2O2S/c1-10-14(9-11-4-6-12(17)7-5-11)22-16(18-10)19-15(20)13-3-2-8-21-13/h2-8H,9H2,1H3,(H,18,19,20). The second-order valence-electron chi connectivity index (χ2n) is 4.76. The predicted molar refractivity (Wildman–Crippen MR) is 87.8 cm³/mol. The van der Waals surface area contributed by atoms with Crippen LogP contribution in [0.1, 0.15) is 26.7 Å². The fourth-order valence-corrected chi connectivity index (χ4v) is 3.12. The number of anilines is 1. The van der Waals surface area contributed by atoms with Crippen molar-refractivity contribution in [1.29, 1.82) is 0 Å². The smallest absolute Gasteiger partial charge is 0.293 e. The maximum Gasteiger partial charge on any atom is 0.293 e. The number of aryl methyl sites for hydroxylation is 1. The minimum Gasteiger partial charge on any atom is -0.459 e. The van der Waals surface area contributed by atoms with Gasteiger partial charge in [-0.15, -0.1) is 11.3 Å². The molecule has 3 rings (SSSR count). The third kappa shape index (κ3) is 3.37. The van der Waals surface area contributed by atoms with Crippen molar-refractivity contribution >= 4 is 34.0 Å². The first-order chi connectivity index (χ1) is 10.6. The van der Waals surface area contributed by atoms with Crippen LogP contribution in [0.15, 0.2) is 47.1 Å². The van der Waals surface area contributed by atoms with E-state index < -0.39 is 0 Å². The number of nitrogens with zero attached hydrogens (tertiary/aromatic N) is 1. The van der Waals surface area contributed by atoms with E-state index in [4.69, 9.17) is 16.0 Å². The summed E-state index contributed by atoms with van der Waals surface area (Å²) in [7, 11) is 0. The van der Waals surface area contributed by atoms with Crippen LogP contribution >= 0.6 is 22.9 Å². The number of amides is 1. The average molecular weight is 333 g/mol. The molecule has 0 radical (unpaired) electrons. The van der Waals surface area contributed by atoms with Crippen LogP contribution in [0.3, 0.4) is 0 Å². The number of rotatable bonds is 4. The van der Waals surface area contributed by atoms with Crippen LogP contribution in [0.4, 0.5) is 5.13 Å². The number of nitrogens with one attached hydrogen (secondary N) is 1. The molecule has 0 atom stereocenters. The molecule has 0 fully saturated rings. The summed E-state index contributed by atoms with van der Waals surface area (Å²) in [6.45, 7) is 1.93. The highest BCUT2D eigenvalue weighted by Gasteiger charge is 2.13. The van der Waals surface area contributed by atoms with Gasteiger partial charge in [-0.2, -0.15) is 0 Å². The third-order valence-corrected chi connectivity index (χ3v) is 4.46. The van der Waals surface area contributed by atoms with E-state index in [2.05, 4.69) is 10.3 Å². The first-order valence-corrected chi connectivity index (χ1v) is 7.87. The molecule has 0 saturated carbocycles. The molecular formula is C16H13ClN2O2S. The minimum atomic E-state index is -0.295. The Hall–Kier alpha value is -2.11. The Balaban J connectivity index is 1.73. The lowest BCUT2D eigenvalue weighted by Crippen LogP contribution is -2.10. The quantitative estimate of drug-likeness (QED) is 0.763. The maximum absolute atomic E-state index is 11.9. The molecule has 0 spiro atoms. The molecule has 0 bridgehead atoms. The van der Waals surface area contributed by atoms with E-state index in [9.17, 15) is 4.79 Å². The van der Waals surface area contributed by atoms with E-state index in [0.717, 1.165) is 27.6 Å². The summed E-state index contributed by atoms with van der Waals surface area (Å²) >= 11 is 7.36. The normalized spacial score (nSPS) is 10.6. The fraction of sp³-hybridized carbons (Fsp3) is 0.125. The molecule has 0 aliphatic rings. The van der Waals surface area contributed by atoms with Crippen molar-refractivity contribution in [2.24, 2.45) is 0 Å². The molecule has 4 nitrogen and oxygen atoms in total. The van der Waals surface area contributed by atoms with Crippen LogP contribution in [0.2, 0.25) is 5.02 Å². The van der Waals surface area contributed by atoms with Crippen molar-refractivity contribution < 1.29 is 9.21 Å². The molecule has 112 valence electrons. The number of aromatic nitrogens is 1. The molecule has 0 aliphatic heterocycles. The topological polar surface area (TPSA) is 55.1 Å². The van der Waals surface area contributed by atoms with Gasteiger partial charge in [-0.1, -0.05) is 23.7 Å². The number of hydrogen-bond donors (Lipinski definition) is 1. The molecule has 1 N–H and O–H groups in total. The van der Waals surface area contributed by atoms with Crippen LogP contribution in [-0.4, -0.2) is 10.9 Å². The summed E-state index contributed by atoms with van der Waals surface area (Å²) in [6.07, 6.45) is 2.23. The average Bonchev–Trinajstić information content (AvgIpc) is 3.12. The zero-order valence-electron chi connectivity index (χ0n) is 11.8. The van der Waals surface area contributed by atoms with Crippen molar-refractivity contribution in [3.05, 3.63) is 69.6 Å². The Morgan fingerprint density at radius 3 is 2.77 bits per heavy atom. The lowest BCUT2D eigenvalue weighted by atomic mass is 10.1. The van der Waals surface area contributed by atoms with Crippen LogP contribution in [0, 0.1) is 6.92 Å². The number of hydrogen-bond acceptors (Lipinski definition) is 4. The molecule has 2 heterocycles. The number of furan rings is 1. The van der Waals surface area contributed by atoms with Gasteiger partial charge in [0.05, 0.1) is 12.0 Å². The van der Waals surface area contributed by atoms with E-state index in [1.165, 1.54) is 17.6 Å². The van der Waals surface area contributed by atoms with Gasteiger partial charge in [0.15, 0.2) is 10.9 Å². The van der Waals surface area contributed by atoms with Crippen molar-refractivity contribution in [1.82, 2.24) is 4.98 Å². The summed E-state index contributed by atoms with van der Waals surface area (Å²) in [5.41, 5.74) is 2.06. The Kier molecular flexibility index (Phi) is 4.27. The Labute approximate surface area is 136 Å². The van der Waals surface area contributed by atoms with E-state index in [1.807, 2.05) is 31.2 Å². The summed E-state index contributed by atoms with van der Waals surface area (Å²) in [5.74, 6) is -0.0242. The van der Waals surface area contributed by atoms with E-state index >= 15 is 0 Å². The van der Waals surface area contributed by atoms with E-state index in [0.29, 0.717) is 5.13 Å². The monoisotopic (exact) mass is 332 g/mol. The molecule has 6 heteroatoms. The van der Waals surface area contributed by atoms with Crippen LogP contribution in [0.5, 0.6) is 0 Å². The van der Waals surface area contributed by atoms with Crippen molar-refractivity contribution in [3.63, 3.8) is 0 Å². The van der Waals surface area contributed by atoms with Gasteiger partial charge in [-0.3, -0.25) is 10.1 Å². The Bertz CT molecular complexity index is 779. The SMILES string of the molecule is Cc1nc(NC(=O)c2ccco2)sc1Cc1ccc(Cl)cc1. The third-order valence-electron chi connectivity index (χ3n) is 3.14. The lowest BCUT2D eigenvalue weighted by molar-refractivity contribution is 0.0996. The number of benzene rings is 1. The fourth-order valence-electron chi connectivity index (χ4n) is 2.00. The number of thiazole rings is 1. The molecule has 0 unspecified atom stereocenters. The zero-order valence-corrected chi connectivity index (χ0v) is 13.4. The summed E-state index contributed by atoms with van der Waals surface area (Å²) < 4.78 is 5.06. The molecular weight excluding hydrogens is 320 g/mol. The molecule has 1 aromatic carbocycles. The highest BCUT2D eigenvalue weighted by atomic mass is 35.5. The molecule has 0 saturated heterocycles. The minimum absolute atomic E-state index is 0.270. The molecule has 22 heavy (non-hydrogen) atoms. The zero-order chi connectivity index (χ0) is 15.5. The first-order valence-electron chi connectivity index (χ1n) is 6.67. The Morgan fingerprint density at radius 1 is 1.32 bits per heavy atom. The number of carbonyl (C=O) groups is 1. The van der Waals surface area contributed by atoms with Gasteiger partial charge in [0.1, 0.15) is 0 Å². The molecule has 3 aromatic rings. The van der Waals surface area contributed by atoms with Gasteiger partial charge >= 0.3 is 0 Å². The molecule has 1 amide bonds. The number of carbonyl (C=O) groups excluding carboxylic acids is 1. The number of halogens is 1. The Morgan fingerprint density at radius 2 is 2.09 bits per heavy atom. The van der Waals surface area contributed by atoms with Crippen molar-refractivity contribution in [2.45, 2.75) is 13.3 Å². The van der Waals surface area contributed by atoms with Crippen molar-refractivity contribution in [2.75, 3.05) is 5.32 Å². The first kappa shape index (κ1) is 14.8. The summed E-state index contributed by atoms with van der Waals surface area (Å²) in [4.78, 5) is 17.4. The van der Waals surface area contributed by atoms with E-state index in [1.54, 1.807) is 12.1 Å². The second kappa shape index (κ2) is 6.34. The van der Waals surface area contributed by atoms with Gasteiger partial charge < -0.3 is 4.42 Å². The van der Waals surface area contributed by atoms with Gasteiger partial charge in [0.25, 0.3) is 5.91 Å². The van der Waals surface area contributed by atoms with Gasteiger partial charge in [0, 0.05) is 16.3 Å². The van der Waals surface area contributed by atoms with Crippen LogP contribution < -0.4 is 5.32 Å². The highest BCUT2D eigenvalue weighted by Crippen LogP contribution is 2.26. The largest absolute Gasteiger partial charge is 0.459 e. The maximum atomic E-state index is 11.9. The highest BCUT2D eigenvalue weighted by molar-refractivity contribution is 7.15. The van der Waals surface area contributed by atoms with Gasteiger partial charge in [-0.25, -0.2) is 4.98 Å². The van der Waals surface area contributed by atoms with E-state index in [-0.39, 0.29) is 11.7 Å². The summed E-state index contributed by atoms with van der Waals surface area (Å²) in [5, 5.41) is 4.04. The van der Waals surface area contributed by atoms with Crippen LogP contribution in [0.25, 0.3) is 0 Å². The second-order valence-corrected chi connectivity index (χ2v) is 6.28.